The van der Waals surface area contributed by atoms with Crippen LogP contribution in [-0.2, 0) is 14.4 Å². The topological polar surface area (TPSA) is 77.9 Å². The van der Waals surface area contributed by atoms with Gasteiger partial charge in [0.2, 0.25) is 11.8 Å². The van der Waals surface area contributed by atoms with Gasteiger partial charge in [-0.25, -0.2) is 4.79 Å². The molecule has 2 amide bonds. The van der Waals surface area contributed by atoms with E-state index in [4.69, 9.17) is 0 Å². The molecule has 1 aliphatic carbocycles. The Morgan fingerprint density at radius 1 is 1.05 bits per heavy atom. The third-order valence-corrected chi connectivity index (χ3v) is 5.12. The molecule has 116 valence electrons. The smallest absolute Gasteiger partial charge is 0.329 e. The van der Waals surface area contributed by atoms with Gasteiger partial charge in [-0.05, 0) is 45.4 Å². The van der Waals surface area contributed by atoms with Gasteiger partial charge in [0.25, 0.3) is 0 Å². The van der Waals surface area contributed by atoms with E-state index in [9.17, 15) is 19.5 Å². The number of amides is 2. The van der Waals surface area contributed by atoms with E-state index in [2.05, 4.69) is 0 Å². The number of likely N-dealkylation sites (tertiary alicyclic amines) is 2. The summed E-state index contributed by atoms with van der Waals surface area (Å²) in [7, 11) is 0. The van der Waals surface area contributed by atoms with Crippen LogP contribution in [0.25, 0.3) is 0 Å². The molecule has 6 heteroatoms. The molecule has 0 radical (unpaired) electrons. The van der Waals surface area contributed by atoms with Gasteiger partial charge in [0.05, 0.1) is 0 Å². The van der Waals surface area contributed by atoms with Crippen molar-refractivity contribution in [2.45, 2.75) is 57.0 Å². The molecule has 2 saturated heterocycles. The van der Waals surface area contributed by atoms with E-state index in [1.165, 1.54) is 4.90 Å². The summed E-state index contributed by atoms with van der Waals surface area (Å²) in [6.07, 6.45) is 4.52. The van der Waals surface area contributed by atoms with E-state index in [-0.39, 0.29) is 17.7 Å². The summed E-state index contributed by atoms with van der Waals surface area (Å²) in [4.78, 5) is 39.8. The molecule has 3 fully saturated rings. The van der Waals surface area contributed by atoms with Gasteiger partial charge in [-0.15, -0.1) is 0 Å². The highest BCUT2D eigenvalue weighted by Gasteiger charge is 2.50. The summed E-state index contributed by atoms with van der Waals surface area (Å²) >= 11 is 0. The van der Waals surface area contributed by atoms with Gasteiger partial charge in [-0.1, -0.05) is 0 Å². The lowest BCUT2D eigenvalue weighted by Crippen LogP contribution is -2.56. The predicted molar refractivity (Wildman–Crippen MR) is 74.4 cm³/mol. The molecule has 0 aromatic heterocycles. The second-order valence-electron chi connectivity index (χ2n) is 6.64. The van der Waals surface area contributed by atoms with Crippen LogP contribution in [0.3, 0.4) is 0 Å². The molecule has 2 unspecified atom stereocenters. The molecular weight excluding hydrogens is 272 g/mol. The number of carboxylic acids is 1. The van der Waals surface area contributed by atoms with Gasteiger partial charge >= 0.3 is 5.97 Å². The van der Waals surface area contributed by atoms with E-state index in [0.717, 1.165) is 19.3 Å². The highest BCUT2D eigenvalue weighted by Crippen LogP contribution is 2.36. The predicted octanol–water partition coefficient (Wildman–Crippen LogP) is 0.853. The lowest BCUT2D eigenvalue weighted by atomic mass is 9.98. The molecule has 6 nitrogen and oxygen atoms in total. The van der Waals surface area contributed by atoms with Crippen molar-refractivity contribution < 1.29 is 19.5 Å². The third kappa shape index (κ3) is 2.30. The molecule has 2 heterocycles. The van der Waals surface area contributed by atoms with Crippen molar-refractivity contribution in [2.24, 2.45) is 5.92 Å². The van der Waals surface area contributed by atoms with Crippen molar-refractivity contribution in [2.75, 3.05) is 13.1 Å². The van der Waals surface area contributed by atoms with Gasteiger partial charge in [-0.2, -0.15) is 0 Å². The van der Waals surface area contributed by atoms with Crippen LogP contribution in [-0.4, -0.2) is 57.4 Å². The number of carbonyl (C=O) groups excluding carboxylic acids is 2. The molecule has 21 heavy (non-hydrogen) atoms. The Morgan fingerprint density at radius 3 is 2.38 bits per heavy atom. The van der Waals surface area contributed by atoms with Gasteiger partial charge < -0.3 is 14.9 Å². The molecule has 0 aromatic carbocycles. The van der Waals surface area contributed by atoms with Crippen molar-refractivity contribution in [3.8, 4) is 0 Å². The Hall–Kier alpha value is -1.59. The summed E-state index contributed by atoms with van der Waals surface area (Å²) in [5, 5.41) is 9.43. The van der Waals surface area contributed by atoms with Crippen molar-refractivity contribution in [1.82, 2.24) is 9.80 Å². The summed E-state index contributed by atoms with van der Waals surface area (Å²) in [5.74, 6) is -0.944. The number of aliphatic carboxylic acids is 1. The number of carbonyl (C=O) groups is 3. The van der Waals surface area contributed by atoms with Crippen molar-refractivity contribution in [3.05, 3.63) is 0 Å². The van der Waals surface area contributed by atoms with Gasteiger partial charge in [0.1, 0.15) is 11.6 Å². The summed E-state index contributed by atoms with van der Waals surface area (Å²) in [6.45, 7) is 2.72. The molecule has 2 atom stereocenters. The lowest BCUT2D eigenvalue weighted by molar-refractivity contribution is -0.158. The normalized spacial score (nSPS) is 32.5. The van der Waals surface area contributed by atoms with E-state index >= 15 is 0 Å². The number of hydrogen-bond acceptors (Lipinski definition) is 3. The first-order chi connectivity index (χ1) is 9.95. The Balaban J connectivity index is 1.77. The fraction of sp³-hybridized carbons (Fsp3) is 0.800. The molecule has 0 aromatic rings. The maximum absolute atomic E-state index is 12.8. The number of hydrogen-bond donors (Lipinski definition) is 1. The molecule has 1 saturated carbocycles. The molecule has 3 rings (SSSR count). The Labute approximate surface area is 124 Å². The zero-order chi connectivity index (χ0) is 15.2. The van der Waals surface area contributed by atoms with Crippen molar-refractivity contribution in [1.29, 1.82) is 0 Å². The summed E-state index contributed by atoms with van der Waals surface area (Å²) in [6, 6.07) is -0.449. The zero-order valence-electron chi connectivity index (χ0n) is 12.4. The fourth-order valence-electron chi connectivity index (χ4n) is 3.57. The average molecular weight is 294 g/mol. The summed E-state index contributed by atoms with van der Waals surface area (Å²) < 4.78 is 0. The first-order valence-corrected chi connectivity index (χ1v) is 7.80. The molecule has 2 aliphatic heterocycles. The highest BCUT2D eigenvalue weighted by atomic mass is 16.4. The van der Waals surface area contributed by atoms with E-state index in [0.29, 0.717) is 32.4 Å². The first-order valence-electron chi connectivity index (χ1n) is 7.80. The first kappa shape index (κ1) is 14.4. The maximum atomic E-state index is 12.8. The van der Waals surface area contributed by atoms with Gasteiger partial charge in [0, 0.05) is 19.0 Å². The average Bonchev–Trinajstić information content (AvgIpc) is 3.04. The number of carboxylic acid groups (broad SMARTS) is 1. The van der Waals surface area contributed by atoms with Crippen LogP contribution >= 0.6 is 0 Å². The summed E-state index contributed by atoms with van der Waals surface area (Å²) in [5.41, 5.74) is -1.12. The number of rotatable bonds is 3. The lowest BCUT2D eigenvalue weighted by Gasteiger charge is -2.35. The number of nitrogens with zero attached hydrogens (tertiary/aromatic N) is 2. The zero-order valence-corrected chi connectivity index (χ0v) is 12.4. The molecular formula is C15H22N2O4. The van der Waals surface area contributed by atoms with Crippen LogP contribution in [0, 0.1) is 5.92 Å². The Bertz CT molecular complexity index is 488. The Morgan fingerprint density at radius 2 is 1.76 bits per heavy atom. The minimum Gasteiger partial charge on any atom is -0.480 e. The van der Waals surface area contributed by atoms with E-state index < -0.39 is 17.6 Å². The largest absolute Gasteiger partial charge is 0.480 e. The van der Waals surface area contributed by atoms with E-state index in [1.54, 1.807) is 11.8 Å². The minimum atomic E-state index is -1.12. The maximum Gasteiger partial charge on any atom is 0.329 e. The Kier molecular flexibility index (Phi) is 3.42. The van der Waals surface area contributed by atoms with Crippen LogP contribution in [0.15, 0.2) is 0 Å². The van der Waals surface area contributed by atoms with Crippen LogP contribution in [0.4, 0.5) is 0 Å². The molecule has 0 spiro atoms. The van der Waals surface area contributed by atoms with Crippen LogP contribution in [0.5, 0.6) is 0 Å². The quantitative estimate of drug-likeness (QED) is 0.837. The highest BCUT2D eigenvalue weighted by molar-refractivity contribution is 5.93. The fourth-order valence-corrected chi connectivity index (χ4v) is 3.57. The van der Waals surface area contributed by atoms with Crippen molar-refractivity contribution >= 4 is 17.8 Å². The van der Waals surface area contributed by atoms with Crippen LogP contribution < -0.4 is 0 Å². The second-order valence-corrected chi connectivity index (χ2v) is 6.64. The van der Waals surface area contributed by atoms with Crippen molar-refractivity contribution in [3.63, 3.8) is 0 Å². The van der Waals surface area contributed by atoms with Gasteiger partial charge in [0.15, 0.2) is 0 Å². The molecule has 1 N–H and O–H groups in total. The van der Waals surface area contributed by atoms with Gasteiger partial charge in [-0.3, -0.25) is 9.59 Å². The van der Waals surface area contributed by atoms with E-state index in [1.807, 2.05) is 0 Å². The van der Waals surface area contributed by atoms with Crippen LogP contribution in [0.2, 0.25) is 0 Å². The molecule has 3 aliphatic rings. The minimum absolute atomic E-state index is 0.0853. The SMILES string of the molecule is CC1(C(=O)O)CCCN1C(=O)C1CCCN1C(=O)C1CC1. The molecule has 0 bridgehead atoms. The third-order valence-electron chi connectivity index (χ3n) is 5.12. The monoisotopic (exact) mass is 294 g/mol. The second kappa shape index (κ2) is 5.00. The standard InChI is InChI=1S/C15H22N2O4/c1-15(14(20)21)7-3-9-17(15)13(19)11-4-2-8-16(11)12(18)10-5-6-10/h10-11H,2-9H2,1H3,(H,20,21). The van der Waals surface area contributed by atoms with Crippen LogP contribution in [0.1, 0.15) is 45.4 Å².